The van der Waals surface area contributed by atoms with Gasteiger partial charge in [0.25, 0.3) is 0 Å². The molecule has 2 rings (SSSR count). The lowest BCUT2D eigenvalue weighted by Gasteiger charge is -2.13. The average Bonchev–Trinajstić information content (AvgIpc) is 2.30. The Morgan fingerprint density at radius 2 is 1.89 bits per heavy atom. The van der Waals surface area contributed by atoms with Gasteiger partial charge in [0, 0.05) is 6.07 Å². The molecule has 1 N–H and O–H groups in total. The van der Waals surface area contributed by atoms with E-state index in [0.717, 1.165) is 0 Å². The molecule has 0 bridgehead atoms. The summed E-state index contributed by atoms with van der Waals surface area (Å²) in [4.78, 5) is 7.70. The lowest BCUT2D eigenvalue weighted by Crippen LogP contribution is -2.17. The van der Waals surface area contributed by atoms with Gasteiger partial charge >= 0.3 is 6.36 Å². The van der Waals surface area contributed by atoms with Crippen molar-refractivity contribution in [2.75, 3.05) is 5.32 Å². The molecule has 0 aliphatic rings. The first kappa shape index (κ1) is 13.6. The highest BCUT2D eigenvalue weighted by Gasteiger charge is 2.32. The quantitative estimate of drug-likeness (QED) is 0.866. The third kappa shape index (κ3) is 4.09. The molecule has 19 heavy (non-hydrogen) atoms. The van der Waals surface area contributed by atoms with Gasteiger partial charge in [0.05, 0.1) is 5.69 Å². The van der Waals surface area contributed by atoms with E-state index >= 15 is 0 Å². The molecule has 0 saturated carbocycles. The van der Waals surface area contributed by atoms with Crippen molar-refractivity contribution < 1.29 is 17.9 Å². The number of nitrogens with one attached hydrogen (secondary N) is 1. The van der Waals surface area contributed by atoms with E-state index in [2.05, 4.69) is 36.0 Å². The lowest BCUT2D eigenvalue weighted by atomic mass is 10.3. The third-order valence-electron chi connectivity index (χ3n) is 2.01. The lowest BCUT2D eigenvalue weighted by molar-refractivity contribution is -0.274. The van der Waals surface area contributed by atoms with Gasteiger partial charge in [-0.3, -0.25) is 0 Å². The fraction of sp³-hybridized carbons (Fsp3) is 0.0909. The van der Waals surface area contributed by atoms with Crippen LogP contribution in [0.15, 0.2) is 41.3 Å². The number of ether oxygens (including phenoxy) is 1. The highest BCUT2D eigenvalue weighted by atomic mass is 79.9. The van der Waals surface area contributed by atoms with Crippen LogP contribution >= 0.6 is 15.9 Å². The number of anilines is 2. The first-order valence-electron chi connectivity index (χ1n) is 5.03. The molecule has 0 spiro atoms. The van der Waals surface area contributed by atoms with E-state index in [9.17, 15) is 13.2 Å². The van der Waals surface area contributed by atoms with Crippen LogP contribution in [-0.2, 0) is 0 Å². The van der Waals surface area contributed by atoms with E-state index in [1.807, 2.05) is 0 Å². The molecule has 100 valence electrons. The highest BCUT2D eigenvalue weighted by molar-refractivity contribution is 9.10. The van der Waals surface area contributed by atoms with Crippen LogP contribution < -0.4 is 10.1 Å². The molecular formula is C11H7BrF3N3O. The van der Waals surface area contributed by atoms with Crippen LogP contribution in [0.4, 0.5) is 24.7 Å². The van der Waals surface area contributed by atoms with Crippen LogP contribution in [0.5, 0.6) is 5.75 Å². The Morgan fingerprint density at radius 3 is 2.58 bits per heavy atom. The van der Waals surface area contributed by atoms with Crippen LogP contribution in [0.1, 0.15) is 0 Å². The number of benzene rings is 1. The maximum atomic E-state index is 12.2. The normalized spacial score (nSPS) is 11.2. The van der Waals surface area contributed by atoms with Crippen LogP contribution in [-0.4, -0.2) is 16.3 Å². The topological polar surface area (TPSA) is 47.0 Å². The number of rotatable bonds is 3. The van der Waals surface area contributed by atoms with E-state index in [1.54, 1.807) is 6.07 Å². The molecule has 8 heteroatoms. The number of nitrogens with zero attached hydrogens (tertiary/aromatic N) is 2. The van der Waals surface area contributed by atoms with Gasteiger partial charge in [0.15, 0.2) is 5.75 Å². The molecule has 0 atom stereocenters. The highest BCUT2D eigenvalue weighted by Crippen LogP contribution is 2.31. The molecule has 0 radical (unpaired) electrons. The van der Waals surface area contributed by atoms with Crippen LogP contribution in [0.25, 0.3) is 0 Å². The number of halogens is 4. The molecule has 1 aromatic heterocycles. The van der Waals surface area contributed by atoms with Gasteiger partial charge in [-0.2, -0.15) is 0 Å². The summed E-state index contributed by atoms with van der Waals surface area (Å²) >= 11 is 3.14. The van der Waals surface area contributed by atoms with Crippen LogP contribution in [0, 0.1) is 0 Å². The minimum absolute atomic E-state index is 0.158. The zero-order valence-electron chi connectivity index (χ0n) is 9.28. The molecule has 1 aromatic carbocycles. The smallest absolute Gasteiger partial charge is 0.404 e. The SMILES string of the molecule is FC(F)(F)Oc1ccccc1Nc1cc(Br)ncn1. The Labute approximate surface area is 114 Å². The maximum absolute atomic E-state index is 12.2. The summed E-state index contributed by atoms with van der Waals surface area (Å²) in [6.07, 6.45) is -3.47. The van der Waals surface area contributed by atoms with E-state index in [4.69, 9.17) is 0 Å². The van der Waals surface area contributed by atoms with Crippen molar-refractivity contribution in [1.82, 2.24) is 9.97 Å². The Bertz CT molecular complexity index is 577. The summed E-state index contributed by atoms with van der Waals surface area (Å²) in [6, 6.07) is 7.23. The van der Waals surface area contributed by atoms with Crippen molar-refractivity contribution in [3.05, 3.63) is 41.3 Å². The zero-order chi connectivity index (χ0) is 13.9. The van der Waals surface area contributed by atoms with Gasteiger partial charge in [-0.15, -0.1) is 13.2 Å². The summed E-state index contributed by atoms with van der Waals surface area (Å²) < 4.78 is 41.2. The van der Waals surface area contributed by atoms with Crippen molar-refractivity contribution in [2.45, 2.75) is 6.36 Å². The largest absolute Gasteiger partial charge is 0.573 e. The monoisotopic (exact) mass is 333 g/mol. The van der Waals surface area contributed by atoms with Gasteiger partial charge in [-0.25, -0.2) is 9.97 Å². The average molecular weight is 334 g/mol. The van der Waals surface area contributed by atoms with Crippen molar-refractivity contribution in [3.8, 4) is 5.75 Å². The first-order chi connectivity index (χ1) is 8.94. The van der Waals surface area contributed by atoms with Crippen molar-refractivity contribution in [3.63, 3.8) is 0 Å². The van der Waals surface area contributed by atoms with Gasteiger partial charge < -0.3 is 10.1 Å². The maximum Gasteiger partial charge on any atom is 0.573 e. The predicted octanol–water partition coefficient (Wildman–Crippen LogP) is 3.88. The minimum atomic E-state index is -4.75. The molecule has 2 aromatic rings. The molecule has 1 heterocycles. The molecule has 0 aliphatic carbocycles. The van der Waals surface area contributed by atoms with Gasteiger partial charge in [0.2, 0.25) is 0 Å². The van der Waals surface area contributed by atoms with E-state index in [-0.39, 0.29) is 11.4 Å². The summed E-state index contributed by atoms with van der Waals surface area (Å²) in [5.41, 5.74) is 0.158. The first-order valence-corrected chi connectivity index (χ1v) is 5.83. The molecule has 0 amide bonds. The third-order valence-corrected chi connectivity index (χ3v) is 2.44. The van der Waals surface area contributed by atoms with Crippen molar-refractivity contribution in [2.24, 2.45) is 0 Å². The molecule has 4 nitrogen and oxygen atoms in total. The van der Waals surface area contributed by atoms with E-state index in [0.29, 0.717) is 10.4 Å². The molecular weight excluding hydrogens is 327 g/mol. The van der Waals surface area contributed by atoms with Crippen molar-refractivity contribution >= 4 is 27.4 Å². The second kappa shape index (κ2) is 5.43. The summed E-state index contributed by atoms with van der Waals surface area (Å²) in [6.45, 7) is 0. The second-order valence-electron chi connectivity index (χ2n) is 3.39. The molecule has 0 fully saturated rings. The summed E-state index contributed by atoms with van der Waals surface area (Å²) in [5.74, 6) is 0.0184. The summed E-state index contributed by atoms with van der Waals surface area (Å²) in [7, 11) is 0. The standard InChI is InChI=1S/C11H7BrF3N3O/c12-9-5-10(17-6-16-9)18-7-3-1-2-4-8(7)19-11(13,14)15/h1-6H,(H,16,17,18). The Morgan fingerprint density at radius 1 is 1.16 bits per heavy atom. The zero-order valence-corrected chi connectivity index (χ0v) is 10.9. The van der Waals surface area contributed by atoms with Gasteiger partial charge in [-0.1, -0.05) is 12.1 Å². The number of aromatic nitrogens is 2. The van der Waals surface area contributed by atoms with Crippen molar-refractivity contribution in [1.29, 1.82) is 0 Å². The second-order valence-corrected chi connectivity index (χ2v) is 4.21. The molecule has 0 saturated heterocycles. The number of alkyl halides is 3. The minimum Gasteiger partial charge on any atom is -0.404 e. The number of hydrogen-bond acceptors (Lipinski definition) is 4. The van der Waals surface area contributed by atoms with Gasteiger partial charge in [0.1, 0.15) is 16.7 Å². The fourth-order valence-corrected chi connectivity index (χ4v) is 1.63. The Kier molecular flexibility index (Phi) is 3.89. The Hall–Kier alpha value is -1.83. The van der Waals surface area contributed by atoms with E-state index in [1.165, 1.54) is 30.6 Å². The molecule has 0 aliphatic heterocycles. The molecule has 0 unspecified atom stereocenters. The van der Waals surface area contributed by atoms with Crippen LogP contribution in [0.3, 0.4) is 0 Å². The Balaban J connectivity index is 2.25. The number of para-hydroxylation sites is 2. The van der Waals surface area contributed by atoms with E-state index < -0.39 is 6.36 Å². The number of hydrogen-bond donors (Lipinski definition) is 1. The summed E-state index contributed by atoms with van der Waals surface area (Å²) in [5, 5.41) is 2.73. The fourth-order valence-electron chi connectivity index (χ4n) is 1.32. The van der Waals surface area contributed by atoms with Crippen LogP contribution in [0.2, 0.25) is 0 Å². The predicted molar refractivity (Wildman–Crippen MR) is 66.1 cm³/mol. The van der Waals surface area contributed by atoms with Gasteiger partial charge in [-0.05, 0) is 28.1 Å².